The zero-order valence-electron chi connectivity index (χ0n) is 5.01. The van der Waals surface area contributed by atoms with Gasteiger partial charge in [0.05, 0.1) is 5.09 Å². The van der Waals surface area contributed by atoms with E-state index >= 15 is 0 Å². The molecule has 0 atom stereocenters. The van der Waals surface area contributed by atoms with Gasteiger partial charge in [0, 0.05) is 10.4 Å². The maximum absolute atomic E-state index is 8.52. The normalized spacial score (nSPS) is 7.45. The molecule has 11 heavy (non-hydrogen) atoms. The fourth-order valence-corrected chi connectivity index (χ4v) is 0. The fraction of sp³-hybridized carbons (Fsp3) is 0. The van der Waals surface area contributed by atoms with Gasteiger partial charge in [-0.05, 0) is 0 Å². The summed E-state index contributed by atoms with van der Waals surface area (Å²) in [4.78, 5) is 8.25. The molecule has 0 aliphatic carbocycles. The van der Waals surface area contributed by atoms with Crippen LogP contribution in [0.15, 0.2) is 0 Å². The van der Waals surface area contributed by atoms with Crippen LogP contribution in [-0.4, -0.2) is 22.6 Å². The van der Waals surface area contributed by atoms with Crippen LogP contribution in [0.5, 0.6) is 0 Å². The van der Waals surface area contributed by atoms with E-state index in [1.807, 2.05) is 0 Å². The molecule has 0 heterocycles. The molecular formula is CuNNaO7S. The van der Waals surface area contributed by atoms with Crippen LogP contribution in [0.25, 0.3) is 0 Å². The van der Waals surface area contributed by atoms with Crippen molar-refractivity contribution in [2.24, 2.45) is 0 Å². The van der Waals surface area contributed by atoms with Crippen molar-refractivity contribution in [3.05, 3.63) is 15.3 Å². The fourth-order valence-electron chi connectivity index (χ4n) is 0. The molecule has 0 aromatic heterocycles. The summed E-state index contributed by atoms with van der Waals surface area (Å²) < 4.78 is 34.1. The summed E-state index contributed by atoms with van der Waals surface area (Å²) in [5.41, 5.74) is 0. The van der Waals surface area contributed by atoms with Gasteiger partial charge in [0.1, 0.15) is 0 Å². The van der Waals surface area contributed by atoms with E-state index in [2.05, 4.69) is 0 Å². The Labute approximate surface area is 94.4 Å². The molecule has 11 heteroatoms. The van der Waals surface area contributed by atoms with Gasteiger partial charge < -0.3 is 24.4 Å². The van der Waals surface area contributed by atoms with E-state index in [1.165, 1.54) is 0 Å². The summed E-state index contributed by atoms with van der Waals surface area (Å²) in [6, 6.07) is 0. The maximum Gasteiger partial charge on any atom is 2.00 e. The van der Waals surface area contributed by atoms with Crippen LogP contribution < -0.4 is 29.6 Å². The summed E-state index contributed by atoms with van der Waals surface area (Å²) >= 11 is 0. The summed E-state index contributed by atoms with van der Waals surface area (Å²) in [5, 5.41) is 14.8. The van der Waals surface area contributed by atoms with Crippen molar-refractivity contribution in [2.45, 2.75) is 0 Å². The minimum atomic E-state index is -5.17. The third-order valence-electron chi connectivity index (χ3n) is 0. The number of nitrogens with zero attached hydrogens (tertiary/aromatic N) is 1. The summed E-state index contributed by atoms with van der Waals surface area (Å²) in [7, 11) is -5.17. The largest absolute Gasteiger partial charge is 2.00 e. The molecule has 0 bridgehead atoms. The molecule has 0 saturated carbocycles. The predicted octanol–water partition coefficient (Wildman–Crippen LogP) is -4.58. The van der Waals surface area contributed by atoms with Gasteiger partial charge in [-0.25, -0.2) is 0 Å². The molecule has 0 unspecified atom stereocenters. The molecule has 0 aromatic rings. The van der Waals surface area contributed by atoms with Crippen molar-refractivity contribution in [1.29, 1.82) is 0 Å². The zero-order chi connectivity index (χ0) is 8.08. The molecule has 0 rings (SSSR count). The van der Waals surface area contributed by atoms with Gasteiger partial charge >= 0.3 is 46.6 Å². The number of hydrogen-bond donors (Lipinski definition) is 0. The Hall–Kier alpha value is 0.589. The quantitative estimate of drug-likeness (QED) is 0.137. The molecule has 0 aromatic carbocycles. The van der Waals surface area contributed by atoms with Crippen LogP contribution in [0.3, 0.4) is 0 Å². The van der Waals surface area contributed by atoms with E-state index in [0.717, 1.165) is 0 Å². The van der Waals surface area contributed by atoms with Crippen LogP contribution in [0, 0.1) is 15.3 Å². The SMILES string of the molecule is O=S(=O)([O-])[O-].O=[N+]([O-])[O-].[Cu+2].[Na+]. The average Bonchev–Trinajstić information content (AvgIpc) is 1.19. The van der Waals surface area contributed by atoms with Gasteiger partial charge in [-0.15, -0.1) is 0 Å². The van der Waals surface area contributed by atoms with Gasteiger partial charge in [0.15, 0.2) is 0 Å². The molecule has 0 amide bonds. The molecule has 0 saturated heterocycles. The van der Waals surface area contributed by atoms with Crippen molar-refractivity contribution in [2.75, 3.05) is 0 Å². The Bertz CT molecular complexity index is 161. The second-order valence-corrected chi connectivity index (χ2v) is 1.45. The van der Waals surface area contributed by atoms with Crippen LogP contribution in [-0.2, 0) is 27.5 Å². The standard InChI is InChI=1S/Cu.NO3.Na.H2O4S/c;2-1(3)4;;1-5(2,3)4/h;;;(H2,1,2,3,4)/q+2;-1;+1;/p-2. The van der Waals surface area contributed by atoms with Crippen molar-refractivity contribution in [1.82, 2.24) is 0 Å². The smallest absolute Gasteiger partial charge is 0.759 e. The monoisotopic (exact) mass is 244 g/mol. The Balaban J connectivity index is -0.0000000383. The number of hydrogen-bond acceptors (Lipinski definition) is 7. The van der Waals surface area contributed by atoms with E-state index in [4.69, 9.17) is 32.8 Å². The Morgan fingerprint density at radius 3 is 1.09 bits per heavy atom. The van der Waals surface area contributed by atoms with Gasteiger partial charge in [0.2, 0.25) is 0 Å². The van der Waals surface area contributed by atoms with E-state index in [1.54, 1.807) is 0 Å². The van der Waals surface area contributed by atoms with Crippen molar-refractivity contribution in [3.8, 4) is 0 Å². The first-order valence-electron chi connectivity index (χ1n) is 1.21. The second-order valence-electron chi connectivity index (χ2n) is 0.632. The Morgan fingerprint density at radius 2 is 1.09 bits per heavy atom. The summed E-state index contributed by atoms with van der Waals surface area (Å²) in [6.07, 6.45) is 0. The minimum absolute atomic E-state index is 0. The van der Waals surface area contributed by atoms with E-state index in [-0.39, 0.29) is 46.6 Å². The minimum Gasteiger partial charge on any atom is -0.759 e. The zero-order valence-corrected chi connectivity index (χ0v) is 8.77. The first-order valence-corrected chi connectivity index (χ1v) is 2.55. The van der Waals surface area contributed by atoms with Gasteiger partial charge in [-0.1, -0.05) is 0 Å². The van der Waals surface area contributed by atoms with Gasteiger partial charge in [0.25, 0.3) is 0 Å². The predicted molar refractivity (Wildman–Crippen MR) is 20.8 cm³/mol. The van der Waals surface area contributed by atoms with Crippen molar-refractivity contribution >= 4 is 10.4 Å². The number of rotatable bonds is 0. The molecule has 0 aliphatic rings. The first kappa shape index (κ1) is 22.6. The van der Waals surface area contributed by atoms with Crippen LogP contribution in [0.2, 0.25) is 0 Å². The van der Waals surface area contributed by atoms with Crippen LogP contribution >= 0.6 is 0 Å². The summed E-state index contributed by atoms with van der Waals surface area (Å²) in [6.45, 7) is 0. The second kappa shape index (κ2) is 10.6. The maximum atomic E-state index is 8.52. The molecule has 0 spiro atoms. The van der Waals surface area contributed by atoms with Crippen molar-refractivity contribution < 1.29 is 69.2 Å². The molecule has 65 valence electrons. The molecule has 0 aliphatic heterocycles. The van der Waals surface area contributed by atoms with Crippen LogP contribution in [0.1, 0.15) is 0 Å². The third kappa shape index (κ3) is 2250. The Morgan fingerprint density at radius 1 is 1.09 bits per heavy atom. The van der Waals surface area contributed by atoms with E-state index in [0.29, 0.717) is 0 Å². The van der Waals surface area contributed by atoms with E-state index in [9.17, 15) is 0 Å². The first-order chi connectivity index (χ1) is 3.73. The van der Waals surface area contributed by atoms with E-state index < -0.39 is 15.5 Å². The van der Waals surface area contributed by atoms with Gasteiger partial charge in [-0.2, -0.15) is 0 Å². The molecular weight excluding hydrogens is 245 g/mol. The topological polar surface area (TPSA) is 146 Å². The Kier molecular flexibility index (Phi) is 21.7. The molecule has 0 N–H and O–H groups in total. The molecule has 1 radical (unpaired) electrons. The summed E-state index contributed by atoms with van der Waals surface area (Å²) in [5.74, 6) is 0. The van der Waals surface area contributed by atoms with Gasteiger partial charge in [-0.3, -0.25) is 8.42 Å². The van der Waals surface area contributed by atoms with Crippen LogP contribution in [0.4, 0.5) is 0 Å². The molecule has 0 fully saturated rings. The molecule has 8 nitrogen and oxygen atoms in total. The average molecular weight is 245 g/mol. The third-order valence-corrected chi connectivity index (χ3v) is 0. The van der Waals surface area contributed by atoms with Crippen molar-refractivity contribution in [3.63, 3.8) is 0 Å².